The molecule has 0 radical (unpaired) electrons. The van der Waals surface area contributed by atoms with Crippen LogP contribution in [0.4, 0.5) is 26.3 Å². The number of likely N-dealkylation sites (tertiary alicyclic amines) is 1. The molecule has 2 saturated heterocycles. The van der Waals surface area contributed by atoms with Crippen LogP contribution in [0, 0.1) is 5.92 Å². The summed E-state index contributed by atoms with van der Waals surface area (Å²) in [5, 5.41) is 17.3. The van der Waals surface area contributed by atoms with Crippen LogP contribution in [0.3, 0.4) is 0 Å². The summed E-state index contributed by atoms with van der Waals surface area (Å²) in [6.07, 6.45) is 0.653. The first-order valence-corrected chi connectivity index (χ1v) is 11.8. The summed E-state index contributed by atoms with van der Waals surface area (Å²) in [5.41, 5.74) is 0.700. The molecule has 4 rings (SSSR count). The number of ether oxygens (including phenoxy) is 1. The highest BCUT2D eigenvalue weighted by atomic mass is 19.4. The van der Waals surface area contributed by atoms with E-state index in [-0.39, 0.29) is 17.6 Å². The third-order valence-corrected chi connectivity index (χ3v) is 6.10. The number of nitrogens with zero attached hydrogens (tertiary/aromatic N) is 2. The molecule has 1 saturated carbocycles. The molecule has 3 aliphatic rings. The Labute approximate surface area is 214 Å². The summed E-state index contributed by atoms with van der Waals surface area (Å²) in [6, 6.07) is 3.48. The molecule has 38 heavy (non-hydrogen) atoms. The molecule has 1 aromatic heterocycles. The Balaban J connectivity index is 0.000000301. The number of hydrogen-bond donors (Lipinski definition) is 3. The van der Waals surface area contributed by atoms with Gasteiger partial charge in [0.2, 0.25) is 0 Å². The van der Waals surface area contributed by atoms with E-state index in [0.717, 1.165) is 25.3 Å². The van der Waals surface area contributed by atoms with Gasteiger partial charge in [0.1, 0.15) is 0 Å². The first kappa shape index (κ1) is 31.3. The van der Waals surface area contributed by atoms with E-state index in [4.69, 9.17) is 24.5 Å². The molecule has 0 unspecified atom stereocenters. The summed E-state index contributed by atoms with van der Waals surface area (Å²) in [7, 11) is 0. The van der Waals surface area contributed by atoms with E-state index in [0.29, 0.717) is 12.1 Å². The van der Waals surface area contributed by atoms with Gasteiger partial charge in [-0.2, -0.15) is 26.3 Å². The van der Waals surface area contributed by atoms with Crippen LogP contribution >= 0.6 is 0 Å². The summed E-state index contributed by atoms with van der Waals surface area (Å²) >= 11 is 0. The highest BCUT2D eigenvalue weighted by Crippen LogP contribution is 2.38. The second-order valence-corrected chi connectivity index (χ2v) is 9.30. The molecule has 3 heterocycles. The molecule has 1 amide bonds. The Kier molecular flexibility index (Phi) is 10.9. The van der Waals surface area contributed by atoms with Crippen molar-refractivity contribution in [1.29, 1.82) is 0 Å². The number of carboxylic acids is 2. The highest BCUT2D eigenvalue weighted by Gasteiger charge is 2.44. The third-order valence-electron chi connectivity index (χ3n) is 6.10. The SMILES string of the molecule is O=C(NC[C@H]1CCC[C@]2(CCN(CC3CC3)C2)O1)c1ccncc1.O=C(O)C(F)(F)F.O=C(O)C(F)(F)F. The quantitative estimate of drug-likeness (QED) is 0.470. The lowest BCUT2D eigenvalue weighted by atomic mass is 9.90. The second-order valence-electron chi connectivity index (χ2n) is 9.30. The number of aliphatic carboxylic acids is 2. The molecule has 0 aromatic carbocycles. The number of alkyl halides is 6. The van der Waals surface area contributed by atoms with Crippen molar-refractivity contribution in [2.45, 2.75) is 62.6 Å². The van der Waals surface area contributed by atoms with E-state index in [1.165, 1.54) is 38.8 Å². The van der Waals surface area contributed by atoms with E-state index in [2.05, 4.69) is 15.2 Å². The summed E-state index contributed by atoms with van der Waals surface area (Å²) in [6.45, 7) is 4.12. The summed E-state index contributed by atoms with van der Waals surface area (Å²) in [5.74, 6) is -4.61. The lowest BCUT2D eigenvalue weighted by molar-refractivity contribution is -0.193. The summed E-state index contributed by atoms with van der Waals surface area (Å²) in [4.78, 5) is 36.5. The van der Waals surface area contributed by atoms with E-state index >= 15 is 0 Å². The number of nitrogens with one attached hydrogen (secondary N) is 1. The minimum atomic E-state index is -5.08. The zero-order valence-electron chi connectivity index (χ0n) is 20.2. The van der Waals surface area contributed by atoms with Gasteiger partial charge in [0.25, 0.3) is 5.91 Å². The van der Waals surface area contributed by atoms with Gasteiger partial charge in [0, 0.05) is 44.1 Å². The minimum Gasteiger partial charge on any atom is -0.475 e. The van der Waals surface area contributed by atoms with Gasteiger partial charge >= 0.3 is 24.3 Å². The van der Waals surface area contributed by atoms with Gasteiger partial charge < -0.3 is 25.2 Å². The number of pyridine rings is 1. The molecule has 3 fully saturated rings. The highest BCUT2D eigenvalue weighted by molar-refractivity contribution is 5.93. The fraction of sp³-hybridized carbons (Fsp3) is 0.652. The Morgan fingerprint density at radius 2 is 1.55 bits per heavy atom. The van der Waals surface area contributed by atoms with Crippen LogP contribution in [0.25, 0.3) is 0 Å². The van der Waals surface area contributed by atoms with Crippen LogP contribution in [0.1, 0.15) is 48.9 Å². The number of hydrogen-bond acceptors (Lipinski definition) is 6. The fourth-order valence-corrected chi connectivity index (χ4v) is 4.13. The lowest BCUT2D eigenvalue weighted by Crippen LogP contribution is -2.47. The van der Waals surface area contributed by atoms with E-state index in [1.807, 2.05) is 0 Å². The predicted octanol–water partition coefficient (Wildman–Crippen LogP) is 3.50. The molecule has 2 atom stereocenters. The van der Waals surface area contributed by atoms with Crippen LogP contribution in [0.15, 0.2) is 24.5 Å². The second kappa shape index (κ2) is 13.2. The van der Waals surface area contributed by atoms with Crippen LogP contribution in [-0.4, -0.2) is 88.2 Å². The van der Waals surface area contributed by atoms with Crippen molar-refractivity contribution >= 4 is 17.8 Å². The molecule has 1 aliphatic carbocycles. The van der Waals surface area contributed by atoms with Gasteiger partial charge in [-0.15, -0.1) is 0 Å². The zero-order chi connectivity index (χ0) is 28.6. The number of amides is 1. The first-order valence-electron chi connectivity index (χ1n) is 11.8. The normalized spacial score (nSPS) is 23.5. The van der Waals surface area contributed by atoms with Crippen LogP contribution in [0.5, 0.6) is 0 Å². The van der Waals surface area contributed by atoms with Crippen LogP contribution < -0.4 is 5.32 Å². The molecule has 0 bridgehead atoms. The molecule has 15 heteroatoms. The maximum absolute atomic E-state index is 12.2. The van der Waals surface area contributed by atoms with Crippen molar-refractivity contribution in [2.75, 3.05) is 26.2 Å². The maximum Gasteiger partial charge on any atom is 0.490 e. The van der Waals surface area contributed by atoms with Crippen molar-refractivity contribution in [3.05, 3.63) is 30.1 Å². The number of rotatable bonds is 5. The topological polar surface area (TPSA) is 129 Å². The Morgan fingerprint density at radius 3 is 2.05 bits per heavy atom. The van der Waals surface area contributed by atoms with Crippen molar-refractivity contribution in [3.63, 3.8) is 0 Å². The van der Waals surface area contributed by atoms with Gasteiger partial charge in [-0.3, -0.25) is 9.78 Å². The van der Waals surface area contributed by atoms with Crippen molar-refractivity contribution in [3.8, 4) is 0 Å². The standard InChI is InChI=1S/C19H27N3O2.2C2HF3O2/c23-18(16-5-9-20-10-6-16)21-12-17-2-1-7-19(24-17)8-11-22(14-19)13-15-3-4-15;2*3-2(4,5)1(6)7/h5-6,9-10,15,17H,1-4,7-8,11-14H2,(H,21,23);2*(H,6,7)/t17-,19-;;/m1../s1. The molecule has 3 N–H and O–H groups in total. The fourth-order valence-electron chi connectivity index (χ4n) is 4.13. The van der Waals surface area contributed by atoms with Gasteiger partial charge in [0.05, 0.1) is 11.7 Å². The van der Waals surface area contributed by atoms with Crippen LogP contribution in [0.2, 0.25) is 0 Å². The van der Waals surface area contributed by atoms with Crippen molar-refractivity contribution in [1.82, 2.24) is 15.2 Å². The molecule has 1 aromatic rings. The maximum atomic E-state index is 12.2. The molecule has 1 spiro atoms. The summed E-state index contributed by atoms with van der Waals surface area (Å²) < 4.78 is 70.0. The Hall–Kier alpha value is -2.94. The average molecular weight is 557 g/mol. The molecule has 214 valence electrons. The van der Waals surface area contributed by atoms with Gasteiger partial charge in [-0.1, -0.05) is 0 Å². The number of halogens is 6. The van der Waals surface area contributed by atoms with E-state index in [9.17, 15) is 31.1 Å². The predicted molar refractivity (Wildman–Crippen MR) is 119 cm³/mol. The van der Waals surface area contributed by atoms with Gasteiger partial charge in [-0.25, -0.2) is 9.59 Å². The monoisotopic (exact) mass is 557 g/mol. The van der Waals surface area contributed by atoms with Crippen LogP contribution in [-0.2, 0) is 14.3 Å². The average Bonchev–Trinajstić information content (AvgIpc) is 3.57. The third kappa shape index (κ3) is 10.8. The number of carbonyl (C=O) groups excluding carboxylic acids is 1. The van der Waals surface area contributed by atoms with Gasteiger partial charge in [-0.05, 0) is 56.6 Å². The minimum absolute atomic E-state index is 0.0394. The Morgan fingerprint density at radius 1 is 1.00 bits per heavy atom. The van der Waals surface area contributed by atoms with Gasteiger partial charge in [0.15, 0.2) is 0 Å². The lowest BCUT2D eigenvalue weighted by Gasteiger charge is -2.39. The number of aromatic nitrogens is 1. The number of carboxylic acid groups (broad SMARTS) is 2. The first-order chi connectivity index (χ1) is 17.6. The smallest absolute Gasteiger partial charge is 0.475 e. The largest absolute Gasteiger partial charge is 0.490 e. The van der Waals surface area contributed by atoms with Crippen molar-refractivity contribution in [2.24, 2.45) is 5.92 Å². The van der Waals surface area contributed by atoms with E-state index < -0.39 is 24.3 Å². The number of carbonyl (C=O) groups is 3. The molecule has 9 nitrogen and oxygen atoms in total. The molecule has 2 aliphatic heterocycles. The molecular formula is C23H29F6N3O6. The molecular weight excluding hydrogens is 528 g/mol. The zero-order valence-corrected chi connectivity index (χ0v) is 20.2. The van der Waals surface area contributed by atoms with E-state index in [1.54, 1.807) is 24.5 Å². The Bertz CT molecular complexity index is 918. The van der Waals surface area contributed by atoms with Crippen molar-refractivity contribution < 1.29 is 55.7 Å².